The number of benzene rings is 1. The van der Waals surface area contributed by atoms with Crippen molar-refractivity contribution in [3.05, 3.63) is 35.5 Å². The van der Waals surface area contributed by atoms with E-state index in [1.807, 2.05) is 12.1 Å². The molecular weight excluding hydrogens is 350 g/mol. The Morgan fingerprint density at radius 2 is 1.68 bits per heavy atom. The molecule has 5 nitrogen and oxygen atoms in total. The van der Waals surface area contributed by atoms with Gasteiger partial charge in [0, 0.05) is 12.1 Å². The van der Waals surface area contributed by atoms with Gasteiger partial charge in [-0.15, -0.1) is 0 Å². The Hall–Kier alpha value is -2.30. The average Bonchev–Trinajstić information content (AvgIpc) is 3.13. The van der Waals surface area contributed by atoms with Gasteiger partial charge < -0.3 is 15.2 Å². The molecule has 5 heteroatoms. The van der Waals surface area contributed by atoms with Gasteiger partial charge in [0.1, 0.15) is 0 Å². The fourth-order valence-electron chi connectivity index (χ4n) is 4.55. The summed E-state index contributed by atoms with van der Waals surface area (Å²) in [5.41, 5.74) is 3.33. The molecule has 0 aliphatic heterocycles. The van der Waals surface area contributed by atoms with E-state index in [-0.39, 0.29) is 11.9 Å². The molecule has 0 atom stereocenters. The normalized spacial score (nSPS) is 18.8. The fraction of sp³-hybridized carbons (Fsp3) is 0.565. The molecule has 2 fully saturated rings. The first kappa shape index (κ1) is 19.0. The van der Waals surface area contributed by atoms with Crippen molar-refractivity contribution in [1.29, 1.82) is 0 Å². The van der Waals surface area contributed by atoms with E-state index in [9.17, 15) is 4.79 Å². The average molecular weight is 382 g/mol. The van der Waals surface area contributed by atoms with Gasteiger partial charge in [-0.05, 0) is 38.2 Å². The third kappa shape index (κ3) is 4.40. The number of aromatic nitrogens is 1. The van der Waals surface area contributed by atoms with Crippen molar-refractivity contribution in [3.8, 4) is 11.1 Å². The molecular formula is C23H31N3O2. The van der Waals surface area contributed by atoms with Crippen LogP contribution < -0.4 is 10.6 Å². The highest BCUT2D eigenvalue weighted by Crippen LogP contribution is 2.34. The van der Waals surface area contributed by atoms with Crippen molar-refractivity contribution < 1.29 is 9.32 Å². The molecule has 0 unspecified atom stereocenters. The maximum absolute atomic E-state index is 13.0. The molecule has 2 aromatic rings. The van der Waals surface area contributed by atoms with Crippen molar-refractivity contribution in [2.75, 3.05) is 5.32 Å². The predicted octanol–water partition coefficient (Wildman–Crippen LogP) is 5.46. The van der Waals surface area contributed by atoms with E-state index in [0.29, 0.717) is 17.6 Å². The van der Waals surface area contributed by atoms with E-state index in [0.717, 1.165) is 42.4 Å². The van der Waals surface area contributed by atoms with Crippen LogP contribution in [0.2, 0.25) is 0 Å². The summed E-state index contributed by atoms with van der Waals surface area (Å²) in [6, 6.07) is 8.84. The summed E-state index contributed by atoms with van der Waals surface area (Å²) in [6.07, 6.45) is 11.8. The SMILES string of the molecule is Cc1cccc(-c2c(C(=O)NC3CCCCC3)noc2NC2CCCCC2)c1. The van der Waals surface area contributed by atoms with Crippen molar-refractivity contribution in [2.24, 2.45) is 0 Å². The molecule has 0 spiro atoms. The number of carbonyl (C=O) groups excluding carboxylic acids is 1. The highest BCUT2D eigenvalue weighted by atomic mass is 16.5. The van der Waals surface area contributed by atoms with Gasteiger partial charge >= 0.3 is 0 Å². The monoisotopic (exact) mass is 381 g/mol. The minimum absolute atomic E-state index is 0.121. The molecule has 1 amide bonds. The van der Waals surface area contributed by atoms with Gasteiger partial charge in [0.15, 0.2) is 5.69 Å². The van der Waals surface area contributed by atoms with Crippen LogP contribution in [0.1, 0.15) is 80.3 Å². The minimum atomic E-state index is -0.121. The Morgan fingerprint density at radius 3 is 2.36 bits per heavy atom. The standard InChI is InChI=1S/C23H31N3O2/c1-16-9-8-10-17(15-16)20-21(22(27)24-18-11-4-2-5-12-18)26-28-23(20)25-19-13-6-3-7-14-19/h8-10,15,18-19,25H,2-7,11-14H2,1H3,(H,24,27). The maximum Gasteiger partial charge on any atom is 0.274 e. The van der Waals surface area contributed by atoms with Gasteiger partial charge in [-0.25, -0.2) is 0 Å². The van der Waals surface area contributed by atoms with E-state index in [1.165, 1.54) is 38.5 Å². The second kappa shape index (κ2) is 8.80. The first-order valence-electron chi connectivity index (χ1n) is 10.8. The quantitative estimate of drug-likeness (QED) is 0.722. The van der Waals surface area contributed by atoms with Crippen LogP contribution in [0.4, 0.5) is 5.88 Å². The van der Waals surface area contributed by atoms with Gasteiger partial charge in [0.25, 0.3) is 5.91 Å². The molecule has 2 aliphatic carbocycles. The van der Waals surface area contributed by atoms with Crippen molar-refractivity contribution in [1.82, 2.24) is 10.5 Å². The largest absolute Gasteiger partial charge is 0.351 e. The number of aryl methyl sites for hydroxylation is 1. The fourth-order valence-corrected chi connectivity index (χ4v) is 4.55. The summed E-state index contributed by atoms with van der Waals surface area (Å²) in [5.74, 6) is 0.509. The number of anilines is 1. The summed E-state index contributed by atoms with van der Waals surface area (Å²) >= 11 is 0. The van der Waals surface area contributed by atoms with E-state index < -0.39 is 0 Å². The lowest BCUT2D eigenvalue weighted by molar-refractivity contribution is 0.0919. The van der Waals surface area contributed by atoms with Crippen LogP contribution >= 0.6 is 0 Å². The predicted molar refractivity (Wildman–Crippen MR) is 112 cm³/mol. The number of hydrogen-bond donors (Lipinski definition) is 2. The number of nitrogens with one attached hydrogen (secondary N) is 2. The van der Waals surface area contributed by atoms with Crippen LogP contribution in [0, 0.1) is 6.92 Å². The van der Waals surface area contributed by atoms with Gasteiger partial charge in [-0.1, -0.05) is 73.5 Å². The van der Waals surface area contributed by atoms with Gasteiger partial charge in [-0.2, -0.15) is 0 Å². The van der Waals surface area contributed by atoms with Gasteiger partial charge in [0.05, 0.1) is 5.56 Å². The van der Waals surface area contributed by atoms with Crippen LogP contribution in [0.25, 0.3) is 11.1 Å². The molecule has 0 saturated heterocycles. The van der Waals surface area contributed by atoms with Crippen LogP contribution in [-0.2, 0) is 0 Å². The summed E-state index contributed by atoms with van der Waals surface area (Å²) in [6.45, 7) is 2.06. The Morgan fingerprint density at radius 1 is 1.00 bits per heavy atom. The third-order valence-electron chi connectivity index (χ3n) is 6.09. The van der Waals surface area contributed by atoms with Crippen LogP contribution in [0.5, 0.6) is 0 Å². The molecule has 2 N–H and O–H groups in total. The lowest BCUT2D eigenvalue weighted by atomic mass is 9.94. The van der Waals surface area contributed by atoms with Crippen molar-refractivity contribution in [3.63, 3.8) is 0 Å². The smallest absolute Gasteiger partial charge is 0.274 e. The molecule has 2 saturated carbocycles. The molecule has 28 heavy (non-hydrogen) atoms. The lowest BCUT2D eigenvalue weighted by Crippen LogP contribution is -2.36. The topological polar surface area (TPSA) is 67.2 Å². The van der Waals surface area contributed by atoms with Crippen LogP contribution in [0.3, 0.4) is 0 Å². The molecule has 2 aliphatic rings. The molecule has 1 aromatic heterocycles. The van der Waals surface area contributed by atoms with E-state index >= 15 is 0 Å². The van der Waals surface area contributed by atoms with E-state index in [1.54, 1.807) is 0 Å². The Bertz CT molecular complexity index is 802. The zero-order valence-corrected chi connectivity index (χ0v) is 16.8. The van der Waals surface area contributed by atoms with E-state index in [2.05, 4.69) is 34.8 Å². The molecule has 0 radical (unpaired) electrons. The summed E-state index contributed by atoms with van der Waals surface area (Å²) in [4.78, 5) is 13.0. The zero-order valence-electron chi connectivity index (χ0n) is 16.8. The third-order valence-corrected chi connectivity index (χ3v) is 6.09. The molecule has 1 aromatic carbocycles. The molecule has 4 rings (SSSR count). The molecule has 0 bridgehead atoms. The first-order valence-corrected chi connectivity index (χ1v) is 10.8. The Labute approximate surface area is 167 Å². The highest BCUT2D eigenvalue weighted by Gasteiger charge is 2.27. The zero-order chi connectivity index (χ0) is 19.3. The van der Waals surface area contributed by atoms with Crippen molar-refractivity contribution in [2.45, 2.75) is 83.2 Å². The Balaban J connectivity index is 1.62. The first-order chi connectivity index (χ1) is 13.7. The Kier molecular flexibility index (Phi) is 5.98. The number of nitrogens with zero attached hydrogens (tertiary/aromatic N) is 1. The minimum Gasteiger partial charge on any atom is -0.351 e. The number of amides is 1. The number of rotatable bonds is 5. The van der Waals surface area contributed by atoms with Gasteiger partial charge in [0.2, 0.25) is 5.88 Å². The van der Waals surface area contributed by atoms with Crippen molar-refractivity contribution >= 4 is 11.8 Å². The molecule has 1 heterocycles. The van der Waals surface area contributed by atoms with Gasteiger partial charge in [-0.3, -0.25) is 4.79 Å². The summed E-state index contributed by atoms with van der Waals surface area (Å²) in [7, 11) is 0. The highest BCUT2D eigenvalue weighted by molar-refractivity contribution is 6.01. The summed E-state index contributed by atoms with van der Waals surface area (Å²) in [5, 5.41) is 10.9. The number of hydrogen-bond acceptors (Lipinski definition) is 4. The maximum atomic E-state index is 13.0. The lowest BCUT2D eigenvalue weighted by Gasteiger charge is -2.23. The van der Waals surface area contributed by atoms with Crippen LogP contribution in [-0.4, -0.2) is 23.1 Å². The summed E-state index contributed by atoms with van der Waals surface area (Å²) < 4.78 is 5.68. The van der Waals surface area contributed by atoms with Crippen LogP contribution in [0.15, 0.2) is 28.8 Å². The number of carbonyl (C=O) groups is 1. The second-order valence-electron chi connectivity index (χ2n) is 8.39. The molecule has 150 valence electrons. The van der Waals surface area contributed by atoms with E-state index in [4.69, 9.17) is 4.52 Å². The second-order valence-corrected chi connectivity index (χ2v) is 8.39.